The van der Waals surface area contributed by atoms with Gasteiger partial charge < -0.3 is 44.5 Å². The maximum Gasteiger partial charge on any atom is 0.297 e. The van der Waals surface area contributed by atoms with Gasteiger partial charge in [0.25, 0.3) is 10.1 Å². The van der Waals surface area contributed by atoms with E-state index in [9.17, 15) is 34.0 Å². The topological polar surface area (TPSA) is 181 Å². The molecule has 3 aliphatic carbocycles. The Morgan fingerprint density at radius 2 is 1.80 bits per heavy atom. The molecule has 194 valence electrons. The van der Waals surface area contributed by atoms with Crippen LogP contribution in [-0.2, 0) is 33.2 Å². The summed E-state index contributed by atoms with van der Waals surface area (Å²) >= 11 is 0. The van der Waals surface area contributed by atoms with Gasteiger partial charge in [-0.15, -0.1) is 0 Å². The maximum absolute atomic E-state index is 12.5. The molecule has 0 amide bonds. The van der Waals surface area contributed by atoms with E-state index < -0.39 is 88.6 Å². The first-order valence-corrected chi connectivity index (χ1v) is 12.8. The summed E-state index contributed by atoms with van der Waals surface area (Å²) in [5, 5.41) is 52.9. The lowest BCUT2D eigenvalue weighted by atomic mass is 9.41. The largest absolute Gasteiger partial charge is 0.395 e. The average molecular weight is 517 g/mol. The van der Waals surface area contributed by atoms with E-state index in [0.29, 0.717) is 0 Å². The Labute approximate surface area is 201 Å². The third-order valence-corrected chi connectivity index (χ3v) is 9.92. The Bertz CT molecular complexity index is 1120. The SMILES string of the molecule is C[C@@]12C[C@@]3(O)O[C@H](O1)C1(CO)[C@H]3C[C@]12O[C@@H]1OC(COS(=O)(=O)c2ccccc2)[C@@H](O)[C@H](O)[C@@H]1O. The molecule has 2 unspecified atom stereocenters. The van der Waals surface area contributed by atoms with Crippen LogP contribution in [0.15, 0.2) is 35.2 Å². The predicted molar refractivity (Wildman–Crippen MR) is 112 cm³/mol. The summed E-state index contributed by atoms with van der Waals surface area (Å²) in [5.74, 6) is -1.93. The summed E-state index contributed by atoms with van der Waals surface area (Å²) in [6.07, 6.45) is -8.59. The van der Waals surface area contributed by atoms with E-state index in [1.165, 1.54) is 24.3 Å². The van der Waals surface area contributed by atoms with Gasteiger partial charge in [0.05, 0.1) is 23.5 Å². The number of rotatable bonds is 7. The maximum atomic E-state index is 12.5. The summed E-state index contributed by atoms with van der Waals surface area (Å²) in [6.45, 7) is 0.645. The molecule has 8 rings (SSSR count). The number of ether oxygens (including phenoxy) is 4. The van der Waals surface area contributed by atoms with Crippen LogP contribution in [0.3, 0.4) is 0 Å². The zero-order valence-corrected chi connectivity index (χ0v) is 19.6. The lowest BCUT2D eigenvalue weighted by molar-refractivity contribution is -0.424. The van der Waals surface area contributed by atoms with Gasteiger partial charge in [-0.3, -0.25) is 4.18 Å². The highest BCUT2D eigenvalue weighted by Crippen LogP contribution is 2.81. The fraction of sp³-hybridized carbons (Fsp3) is 0.727. The molecular weight excluding hydrogens is 488 g/mol. The highest BCUT2D eigenvalue weighted by atomic mass is 32.2. The Kier molecular flexibility index (Phi) is 5.11. The molecule has 13 heteroatoms. The van der Waals surface area contributed by atoms with Crippen molar-refractivity contribution >= 4 is 10.1 Å². The van der Waals surface area contributed by atoms with E-state index in [4.69, 9.17) is 23.1 Å². The Morgan fingerprint density at radius 1 is 1.09 bits per heavy atom. The summed E-state index contributed by atoms with van der Waals surface area (Å²) in [5.41, 5.74) is -3.42. The van der Waals surface area contributed by atoms with E-state index in [0.717, 1.165) is 0 Å². The van der Waals surface area contributed by atoms with Crippen molar-refractivity contribution in [3.63, 3.8) is 0 Å². The van der Waals surface area contributed by atoms with Crippen molar-refractivity contribution < 1.29 is 57.1 Å². The minimum absolute atomic E-state index is 0.0682. The van der Waals surface area contributed by atoms with Gasteiger partial charge in [-0.05, 0) is 25.5 Å². The van der Waals surface area contributed by atoms with Gasteiger partial charge in [0.1, 0.15) is 35.6 Å². The minimum atomic E-state index is -4.18. The second-order valence-corrected chi connectivity index (χ2v) is 11.9. The third kappa shape index (κ3) is 2.88. The van der Waals surface area contributed by atoms with Gasteiger partial charge in [-0.2, -0.15) is 8.42 Å². The average Bonchev–Trinajstić information content (AvgIpc) is 3.01. The van der Waals surface area contributed by atoms with Crippen LogP contribution in [0.5, 0.6) is 0 Å². The summed E-state index contributed by atoms with van der Waals surface area (Å²) in [6, 6.07) is 7.39. The molecule has 0 radical (unpaired) electrons. The molecule has 1 aromatic carbocycles. The number of aliphatic hydroxyl groups is 5. The first kappa shape index (κ1) is 24.1. The Hall–Kier alpha value is -1.23. The standard InChI is InChI=1S/C22H28O12S/c1-19-9-21(27)13-7-22(19,20(13,10-23)18(33-19)34-21)32-17-16(26)15(25)14(24)12(31-17)8-30-35(28,29)11-5-3-2-4-6-11/h2-6,12-18,23-27H,7-10H2,1H3/t12?,13-,14-,15+,16+,17+,18+,19+,20?,21-,22-/m1/s1. The normalized spacial score (nSPS) is 52.0. The molecule has 7 aliphatic rings. The molecule has 4 heterocycles. The van der Waals surface area contributed by atoms with E-state index in [1.807, 2.05) is 0 Å². The number of aliphatic hydroxyl groups excluding tert-OH is 4. The smallest absolute Gasteiger partial charge is 0.297 e. The second kappa shape index (κ2) is 7.42. The van der Waals surface area contributed by atoms with Crippen LogP contribution in [0.4, 0.5) is 0 Å². The molecule has 11 atom stereocenters. The van der Waals surface area contributed by atoms with Gasteiger partial charge in [-0.1, -0.05) is 18.2 Å². The molecule has 1 aromatic rings. The third-order valence-electron chi connectivity index (χ3n) is 8.62. The van der Waals surface area contributed by atoms with E-state index in [-0.39, 0.29) is 17.7 Å². The van der Waals surface area contributed by atoms with Crippen molar-refractivity contribution in [1.29, 1.82) is 0 Å². The molecule has 0 spiro atoms. The molecule has 12 nitrogen and oxygen atoms in total. The lowest BCUT2D eigenvalue weighted by Crippen LogP contribution is -2.80. The monoisotopic (exact) mass is 516 g/mol. The molecule has 35 heavy (non-hydrogen) atoms. The summed E-state index contributed by atoms with van der Waals surface area (Å²) in [7, 11) is -4.18. The number of hydrogen-bond acceptors (Lipinski definition) is 12. The van der Waals surface area contributed by atoms with Crippen molar-refractivity contribution in [2.45, 2.75) is 78.6 Å². The molecule has 3 saturated carbocycles. The second-order valence-electron chi connectivity index (χ2n) is 10.3. The van der Waals surface area contributed by atoms with Crippen LogP contribution < -0.4 is 0 Å². The van der Waals surface area contributed by atoms with Crippen molar-refractivity contribution in [2.24, 2.45) is 11.3 Å². The zero-order valence-electron chi connectivity index (χ0n) is 18.8. The molecular formula is C22H28O12S. The molecule has 0 aromatic heterocycles. The van der Waals surface area contributed by atoms with Crippen molar-refractivity contribution in [3.8, 4) is 0 Å². The van der Waals surface area contributed by atoms with Crippen molar-refractivity contribution in [3.05, 3.63) is 30.3 Å². The van der Waals surface area contributed by atoms with Gasteiger partial charge in [0, 0.05) is 12.3 Å². The fourth-order valence-corrected chi connectivity index (χ4v) is 7.80. The van der Waals surface area contributed by atoms with Crippen LogP contribution in [0, 0.1) is 11.3 Å². The van der Waals surface area contributed by atoms with Crippen LogP contribution >= 0.6 is 0 Å². The van der Waals surface area contributed by atoms with Crippen molar-refractivity contribution in [2.75, 3.05) is 13.2 Å². The summed E-state index contributed by atoms with van der Waals surface area (Å²) in [4.78, 5) is -0.0938. The van der Waals surface area contributed by atoms with Crippen LogP contribution in [-0.4, -0.2) is 101 Å². The molecule has 6 bridgehead atoms. The van der Waals surface area contributed by atoms with Gasteiger partial charge >= 0.3 is 0 Å². The van der Waals surface area contributed by atoms with E-state index in [1.54, 1.807) is 13.0 Å². The van der Waals surface area contributed by atoms with Crippen LogP contribution in [0.2, 0.25) is 0 Å². The molecule has 5 N–H and O–H groups in total. The first-order valence-electron chi connectivity index (χ1n) is 11.4. The first-order chi connectivity index (χ1) is 16.4. The predicted octanol–water partition coefficient (Wildman–Crippen LogP) is -1.81. The Morgan fingerprint density at radius 3 is 2.49 bits per heavy atom. The highest BCUT2D eigenvalue weighted by molar-refractivity contribution is 7.86. The van der Waals surface area contributed by atoms with Gasteiger partial charge in [0.15, 0.2) is 18.4 Å². The lowest BCUT2D eigenvalue weighted by Gasteiger charge is -2.67. The zero-order chi connectivity index (χ0) is 25.0. The van der Waals surface area contributed by atoms with E-state index in [2.05, 4.69) is 0 Å². The fourth-order valence-electron chi connectivity index (χ4n) is 6.86. The Balaban J connectivity index is 1.23. The van der Waals surface area contributed by atoms with Crippen LogP contribution in [0.25, 0.3) is 0 Å². The van der Waals surface area contributed by atoms with Gasteiger partial charge in [0.2, 0.25) is 0 Å². The minimum Gasteiger partial charge on any atom is -0.395 e. The van der Waals surface area contributed by atoms with Crippen molar-refractivity contribution in [1.82, 2.24) is 0 Å². The molecule has 4 aliphatic heterocycles. The quantitative estimate of drug-likeness (QED) is 0.257. The highest BCUT2D eigenvalue weighted by Gasteiger charge is 2.94. The molecule has 7 fully saturated rings. The van der Waals surface area contributed by atoms with Gasteiger partial charge in [-0.25, -0.2) is 0 Å². The number of hydrogen-bond donors (Lipinski definition) is 5. The van der Waals surface area contributed by atoms with Crippen LogP contribution in [0.1, 0.15) is 19.8 Å². The summed E-state index contributed by atoms with van der Waals surface area (Å²) < 4.78 is 53.7. The number of benzene rings is 1. The van der Waals surface area contributed by atoms with E-state index >= 15 is 0 Å². The molecule has 4 saturated heterocycles.